The number of amides is 1. The maximum absolute atomic E-state index is 13.4. The molecule has 0 heterocycles. The Labute approximate surface area is 214 Å². The first-order valence-electron chi connectivity index (χ1n) is 11.0. The number of ether oxygens (including phenoxy) is 1. The first kappa shape index (κ1) is 28.2. The summed E-state index contributed by atoms with van der Waals surface area (Å²) in [4.78, 5) is 49.3. The molecule has 1 amide bonds. The van der Waals surface area contributed by atoms with E-state index in [4.69, 9.17) is 27.9 Å². The van der Waals surface area contributed by atoms with Gasteiger partial charge in [0.2, 0.25) is 10.8 Å². The van der Waals surface area contributed by atoms with Crippen LogP contribution in [0.15, 0.2) is 24.3 Å². The molecule has 34 heavy (non-hydrogen) atoms. The number of hydrogen-bond donors (Lipinski definition) is 2. The van der Waals surface area contributed by atoms with Crippen LogP contribution < -0.4 is 4.74 Å². The fraction of sp³-hybridized carbons (Fsp3) is 0.500. The molecule has 1 fully saturated rings. The third-order valence-corrected chi connectivity index (χ3v) is 7.78. The average Bonchev–Trinajstić information content (AvgIpc) is 3.33. The predicted octanol–water partition coefficient (Wildman–Crippen LogP) is 5.23. The average molecular weight is 530 g/mol. The summed E-state index contributed by atoms with van der Waals surface area (Å²) >= 11 is 17.1. The summed E-state index contributed by atoms with van der Waals surface area (Å²) in [6.07, 6.45) is 3.59. The van der Waals surface area contributed by atoms with E-state index >= 15 is 0 Å². The SMILES string of the molecule is C=C(CC)C(=O)c1ccc(OC(S)(C(C)=O)C(C)C(=O)N(CC(=O)O)C2CCCC2)c(Cl)c1Cl. The highest BCUT2D eigenvalue weighted by atomic mass is 35.5. The first-order valence-corrected chi connectivity index (χ1v) is 12.2. The quantitative estimate of drug-likeness (QED) is 0.176. The van der Waals surface area contributed by atoms with Crippen LogP contribution >= 0.6 is 35.8 Å². The molecule has 1 saturated carbocycles. The van der Waals surface area contributed by atoms with Crippen LogP contribution in [0, 0.1) is 5.92 Å². The number of carboxylic acid groups (broad SMARTS) is 1. The molecular formula is C24H29Cl2NO6S. The van der Waals surface area contributed by atoms with Crippen LogP contribution in [0.5, 0.6) is 5.75 Å². The van der Waals surface area contributed by atoms with E-state index in [0.29, 0.717) is 24.8 Å². The van der Waals surface area contributed by atoms with E-state index in [9.17, 15) is 24.3 Å². The van der Waals surface area contributed by atoms with Crippen molar-refractivity contribution in [1.29, 1.82) is 0 Å². The van der Waals surface area contributed by atoms with E-state index in [1.165, 1.54) is 30.9 Å². The van der Waals surface area contributed by atoms with Gasteiger partial charge < -0.3 is 14.7 Å². The maximum atomic E-state index is 13.4. The second-order valence-corrected chi connectivity index (χ2v) is 9.82. The number of carbonyl (C=O) groups is 4. The predicted molar refractivity (Wildman–Crippen MR) is 134 cm³/mol. The number of aliphatic carboxylic acids is 1. The molecular weight excluding hydrogens is 501 g/mol. The second kappa shape index (κ2) is 11.6. The van der Waals surface area contributed by atoms with Gasteiger partial charge in [-0.3, -0.25) is 19.2 Å². The highest BCUT2D eigenvalue weighted by Crippen LogP contribution is 2.40. The number of carbonyl (C=O) groups excluding carboxylic acids is 3. The Morgan fingerprint density at radius 3 is 2.32 bits per heavy atom. The first-order chi connectivity index (χ1) is 15.8. The lowest BCUT2D eigenvalue weighted by molar-refractivity contribution is -0.152. The number of allylic oxidation sites excluding steroid dienone is 1. The summed E-state index contributed by atoms with van der Waals surface area (Å²) < 4.78 is 5.87. The van der Waals surface area contributed by atoms with Gasteiger partial charge >= 0.3 is 5.97 Å². The minimum Gasteiger partial charge on any atom is -0.480 e. The lowest BCUT2D eigenvalue weighted by atomic mass is 9.97. The van der Waals surface area contributed by atoms with E-state index in [1.807, 2.05) is 0 Å². The number of rotatable bonds is 11. The van der Waals surface area contributed by atoms with Gasteiger partial charge in [0.15, 0.2) is 11.6 Å². The number of Topliss-reactive ketones (excluding diaryl/α,β-unsaturated/α-hetero) is 2. The summed E-state index contributed by atoms with van der Waals surface area (Å²) in [5.74, 6) is -3.85. The van der Waals surface area contributed by atoms with Crippen LogP contribution in [0.25, 0.3) is 0 Å². The Kier molecular flexibility index (Phi) is 9.62. The van der Waals surface area contributed by atoms with Crippen molar-refractivity contribution in [3.63, 3.8) is 0 Å². The van der Waals surface area contributed by atoms with Crippen LogP contribution in [0.2, 0.25) is 10.0 Å². The highest BCUT2D eigenvalue weighted by Gasteiger charge is 2.47. The van der Waals surface area contributed by atoms with Gasteiger partial charge in [0, 0.05) is 11.6 Å². The minimum atomic E-state index is -1.96. The molecule has 0 bridgehead atoms. The van der Waals surface area contributed by atoms with Gasteiger partial charge in [0.1, 0.15) is 17.3 Å². The molecule has 10 heteroatoms. The normalized spacial score (nSPS) is 16.4. The number of thiol groups is 1. The third kappa shape index (κ3) is 5.96. The third-order valence-electron chi connectivity index (χ3n) is 6.12. The highest BCUT2D eigenvalue weighted by molar-refractivity contribution is 7.82. The number of hydrogen-bond acceptors (Lipinski definition) is 6. The Morgan fingerprint density at radius 2 is 1.82 bits per heavy atom. The molecule has 0 aliphatic heterocycles. The molecule has 1 aromatic carbocycles. The van der Waals surface area contributed by atoms with Gasteiger partial charge in [0.05, 0.1) is 10.9 Å². The molecule has 1 aromatic rings. The Morgan fingerprint density at radius 1 is 1.24 bits per heavy atom. The van der Waals surface area contributed by atoms with E-state index < -0.39 is 35.1 Å². The van der Waals surface area contributed by atoms with Crippen molar-refractivity contribution >= 4 is 59.3 Å². The molecule has 2 unspecified atom stereocenters. The van der Waals surface area contributed by atoms with Crippen LogP contribution in [-0.4, -0.2) is 51.0 Å². The number of ketones is 2. The molecule has 186 valence electrons. The molecule has 0 spiro atoms. The van der Waals surface area contributed by atoms with Gasteiger partial charge in [-0.05, 0) is 50.8 Å². The zero-order valence-electron chi connectivity index (χ0n) is 19.4. The number of nitrogens with zero attached hydrogens (tertiary/aromatic N) is 1. The van der Waals surface area contributed by atoms with Crippen LogP contribution in [0.1, 0.15) is 63.2 Å². The molecule has 2 rings (SSSR count). The Balaban J connectivity index is 2.40. The van der Waals surface area contributed by atoms with E-state index in [2.05, 4.69) is 19.2 Å². The monoisotopic (exact) mass is 529 g/mol. The molecule has 2 atom stereocenters. The zero-order valence-corrected chi connectivity index (χ0v) is 21.8. The Bertz CT molecular complexity index is 1010. The van der Waals surface area contributed by atoms with E-state index in [1.54, 1.807) is 6.92 Å². The second-order valence-electron chi connectivity index (χ2n) is 8.40. The fourth-order valence-corrected chi connectivity index (χ4v) is 4.59. The summed E-state index contributed by atoms with van der Waals surface area (Å²) in [5.41, 5.74) is 0.486. The van der Waals surface area contributed by atoms with E-state index in [0.717, 1.165) is 12.8 Å². The number of halogens is 2. The molecule has 0 saturated heterocycles. The molecule has 1 aliphatic rings. The fourth-order valence-electron chi connectivity index (χ4n) is 3.93. The van der Waals surface area contributed by atoms with Gasteiger partial charge in [-0.25, -0.2) is 0 Å². The maximum Gasteiger partial charge on any atom is 0.323 e. The number of carboxylic acids is 1. The largest absolute Gasteiger partial charge is 0.480 e. The van der Waals surface area contributed by atoms with Crippen molar-refractivity contribution in [3.8, 4) is 5.75 Å². The summed E-state index contributed by atoms with van der Waals surface area (Å²) in [5, 5.41) is 9.15. The van der Waals surface area contributed by atoms with Crippen molar-refractivity contribution < 1.29 is 29.0 Å². The summed E-state index contributed by atoms with van der Waals surface area (Å²) in [6, 6.07) is 2.55. The smallest absolute Gasteiger partial charge is 0.323 e. The van der Waals surface area contributed by atoms with Crippen LogP contribution in [0.4, 0.5) is 0 Å². The standard InChI is InChI=1S/C24H29Cl2NO6S/c1-5-13(2)22(31)17-10-11-18(21(26)20(17)25)33-24(34,15(4)28)14(3)23(32)27(12-19(29)30)16-8-6-7-9-16/h10-11,14,16,34H,2,5-9,12H2,1,3-4H3,(H,29,30). The molecule has 1 N–H and O–H groups in total. The van der Waals surface area contributed by atoms with Gasteiger partial charge in [-0.15, -0.1) is 12.6 Å². The molecule has 7 nitrogen and oxygen atoms in total. The lowest BCUT2D eigenvalue weighted by Gasteiger charge is -2.37. The van der Waals surface area contributed by atoms with E-state index in [-0.39, 0.29) is 33.2 Å². The van der Waals surface area contributed by atoms with Crippen LogP contribution in [-0.2, 0) is 14.4 Å². The van der Waals surface area contributed by atoms with Gasteiger partial charge in [-0.1, -0.05) is 49.5 Å². The zero-order chi connectivity index (χ0) is 25.8. The van der Waals surface area contributed by atoms with Crippen molar-refractivity contribution in [1.82, 2.24) is 4.90 Å². The summed E-state index contributed by atoms with van der Waals surface area (Å²) in [6.45, 7) is 7.69. The van der Waals surface area contributed by atoms with Gasteiger partial charge in [0.25, 0.3) is 0 Å². The van der Waals surface area contributed by atoms with Crippen molar-refractivity contribution in [2.75, 3.05) is 6.54 Å². The van der Waals surface area contributed by atoms with Crippen molar-refractivity contribution in [2.45, 2.75) is 63.9 Å². The van der Waals surface area contributed by atoms with Crippen LogP contribution in [0.3, 0.4) is 0 Å². The topological polar surface area (TPSA) is 101 Å². The minimum absolute atomic E-state index is 0.0409. The molecule has 1 aliphatic carbocycles. The Hall–Kier alpha value is -2.03. The van der Waals surface area contributed by atoms with Gasteiger partial charge in [-0.2, -0.15) is 0 Å². The van der Waals surface area contributed by atoms with Crippen molar-refractivity contribution in [2.24, 2.45) is 5.92 Å². The molecule has 0 aromatic heterocycles. The lowest BCUT2D eigenvalue weighted by Crippen LogP contribution is -2.54. The summed E-state index contributed by atoms with van der Waals surface area (Å²) in [7, 11) is 0. The molecule has 0 radical (unpaired) electrons. The number of benzene rings is 1. The van der Waals surface area contributed by atoms with Crippen molar-refractivity contribution in [3.05, 3.63) is 39.9 Å².